The molecule has 0 aliphatic heterocycles. The molecular formula is C11H24N2O3. The van der Waals surface area contributed by atoms with Crippen LogP contribution in [0.5, 0.6) is 0 Å². The Labute approximate surface area is 97.8 Å². The molecule has 0 atom stereocenters. The monoisotopic (exact) mass is 232 g/mol. The van der Waals surface area contributed by atoms with Crippen LogP contribution in [0.2, 0.25) is 0 Å². The van der Waals surface area contributed by atoms with Crippen molar-refractivity contribution in [1.82, 2.24) is 10.2 Å². The van der Waals surface area contributed by atoms with Gasteiger partial charge in [0.2, 0.25) is 0 Å². The van der Waals surface area contributed by atoms with Gasteiger partial charge in [-0.3, -0.25) is 4.90 Å². The lowest BCUT2D eigenvalue weighted by atomic mass is 10.2. The van der Waals surface area contributed by atoms with E-state index in [2.05, 4.69) is 5.32 Å². The van der Waals surface area contributed by atoms with Crippen LogP contribution in [0.15, 0.2) is 0 Å². The third kappa shape index (κ3) is 8.49. The molecule has 5 nitrogen and oxygen atoms in total. The lowest BCUT2D eigenvalue weighted by Gasteiger charge is -2.21. The number of rotatable bonds is 6. The third-order valence-corrected chi connectivity index (χ3v) is 1.84. The first-order valence-corrected chi connectivity index (χ1v) is 5.69. The van der Waals surface area contributed by atoms with Crippen LogP contribution in [0, 0.1) is 0 Å². The zero-order valence-corrected chi connectivity index (χ0v) is 10.7. The number of carbonyl (C=O) groups excluding carboxylic acids is 1. The maximum absolute atomic E-state index is 11.3. The predicted octanol–water partition coefficient (Wildman–Crippen LogP) is 1.17. The number of aliphatic hydroxyl groups is 1. The van der Waals surface area contributed by atoms with Gasteiger partial charge in [0.1, 0.15) is 5.60 Å². The summed E-state index contributed by atoms with van der Waals surface area (Å²) in [6, 6.07) is 0. The van der Waals surface area contributed by atoms with Gasteiger partial charge in [-0.15, -0.1) is 0 Å². The van der Waals surface area contributed by atoms with Gasteiger partial charge in [-0.2, -0.15) is 0 Å². The molecule has 0 aromatic rings. The Hall–Kier alpha value is -0.810. The lowest BCUT2D eigenvalue weighted by Crippen LogP contribution is -2.38. The van der Waals surface area contributed by atoms with Crippen LogP contribution in [0.4, 0.5) is 4.79 Å². The number of hydrogen-bond donors (Lipinski definition) is 2. The Kier molecular flexibility index (Phi) is 7.08. The fourth-order valence-electron chi connectivity index (χ4n) is 1.20. The maximum Gasteiger partial charge on any atom is 0.407 e. The fourth-order valence-corrected chi connectivity index (χ4v) is 1.20. The van der Waals surface area contributed by atoms with Crippen molar-refractivity contribution in [3.05, 3.63) is 0 Å². The zero-order chi connectivity index (χ0) is 12.6. The van der Waals surface area contributed by atoms with E-state index in [1.165, 1.54) is 0 Å². The molecule has 0 aromatic carbocycles. The van der Waals surface area contributed by atoms with E-state index >= 15 is 0 Å². The number of hydrogen-bond acceptors (Lipinski definition) is 4. The Morgan fingerprint density at radius 3 is 2.44 bits per heavy atom. The molecule has 16 heavy (non-hydrogen) atoms. The van der Waals surface area contributed by atoms with E-state index in [4.69, 9.17) is 9.84 Å². The summed E-state index contributed by atoms with van der Waals surface area (Å²) in [5.41, 5.74) is -0.468. The van der Waals surface area contributed by atoms with E-state index < -0.39 is 11.7 Å². The number of aliphatic hydroxyl groups excluding tert-OH is 1. The molecule has 0 spiro atoms. The van der Waals surface area contributed by atoms with E-state index in [0.29, 0.717) is 13.1 Å². The van der Waals surface area contributed by atoms with Gasteiger partial charge < -0.3 is 15.2 Å². The molecule has 96 valence electrons. The number of alkyl carbamates (subject to hydrolysis) is 1. The van der Waals surface area contributed by atoms with Crippen molar-refractivity contribution in [1.29, 1.82) is 0 Å². The fraction of sp³-hybridized carbons (Fsp3) is 0.909. The van der Waals surface area contributed by atoms with Gasteiger partial charge in [-0.1, -0.05) is 6.92 Å². The Morgan fingerprint density at radius 2 is 2.00 bits per heavy atom. The van der Waals surface area contributed by atoms with Crippen LogP contribution in [-0.4, -0.2) is 48.1 Å². The molecule has 0 saturated heterocycles. The number of nitrogens with one attached hydrogen (secondary N) is 1. The minimum absolute atomic E-state index is 0.0177. The summed E-state index contributed by atoms with van der Waals surface area (Å²) < 4.78 is 5.08. The topological polar surface area (TPSA) is 61.8 Å². The molecule has 0 saturated carbocycles. The van der Waals surface area contributed by atoms with Crippen LogP contribution in [0.1, 0.15) is 34.1 Å². The van der Waals surface area contributed by atoms with E-state index in [1.807, 2.05) is 32.6 Å². The molecule has 0 heterocycles. The van der Waals surface area contributed by atoms with Gasteiger partial charge in [-0.05, 0) is 27.2 Å². The molecule has 5 heteroatoms. The number of ether oxygens (including phenoxy) is 1. The first-order chi connectivity index (χ1) is 7.39. The average Bonchev–Trinajstić information content (AvgIpc) is 2.13. The molecule has 0 aromatic heterocycles. The molecular weight excluding hydrogens is 208 g/mol. The average molecular weight is 232 g/mol. The summed E-state index contributed by atoms with van der Waals surface area (Å²) >= 11 is 0. The molecule has 0 radical (unpaired) electrons. The van der Waals surface area contributed by atoms with Gasteiger partial charge in [0.25, 0.3) is 0 Å². The largest absolute Gasteiger partial charge is 0.444 e. The van der Waals surface area contributed by atoms with E-state index in [1.54, 1.807) is 0 Å². The summed E-state index contributed by atoms with van der Waals surface area (Å²) in [5.74, 6) is 0. The highest BCUT2D eigenvalue weighted by atomic mass is 16.6. The predicted molar refractivity (Wildman–Crippen MR) is 63.2 cm³/mol. The Bertz CT molecular complexity index is 202. The smallest absolute Gasteiger partial charge is 0.407 e. The molecule has 0 rings (SSSR count). The van der Waals surface area contributed by atoms with Crippen molar-refractivity contribution in [2.75, 3.05) is 26.4 Å². The van der Waals surface area contributed by atoms with E-state index in [9.17, 15) is 4.79 Å². The first-order valence-electron chi connectivity index (χ1n) is 5.69. The van der Waals surface area contributed by atoms with Crippen molar-refractivity contribution in [3.63, 3.8) is 0 Å². The second-order valence-corrected chi connectivity index (χ2v) is 4.69. The highest BCUT2D eigenvalue weighted by molar-refractivity contribution is 5.67. The van der Waals surface area contributed by atoms with Crippen LogP contribution in [-0.2, 0) is 4.74 Å². The summed E-state index contributed by atoms with van der Waals surface area (Å²) in [4.78, 5) is 13.1. The van der Waals surface area contributed by atoms with Crippen molar-refractivity contribution in [3.8, 4) is 0 Å². The van der Waals surface area contributed by atoms with Crippen LogP contribution in [0.3, 0.4) is 0 Å². The number of carbonyl (C=O) groups is 1. The molecule has 0 aliphatic rings. The van der Waals surface area contributed by atoms with Crippen LogP contribution < -0.4 is 5.32 Å². The summed E-state index contributed by atoms with van der Waals surface area (Å²) in [7, 11) is 0. The first kappa shape index (κ1) is 15.2. The molecule has 0 bridgehead atoms. The minimum atomic E-state index is -0.468. The summed E-state index contributed by atoms with van der Waals surface area (Å²) in [6.45, 7) is 9.47. The highest BCUT2D eigenvalue weighted by Crippen LogP contribution is 2.06. The van der Waals surface area contributed by atoms with Crippen LogP contribution >= 0.6 is 0 Å². The number of nitrogens with zero attached hydrogens (tertiary/aromatic N) is 1. The molecule has 0 aliphatic carbocycles. The quantitative estimate of drug-likeness (QED) is 0.675. The lowest BCUT2D eigenvalue weighted by molar-refractivity contribution is 0.0507. The Balaban J connectivity index is 3.68. The zero-order valence-electron chi connectivity index (χ0n) is 10.7. The van der Waals surface area contributed by atoms with Crippen molar-refractivity contribution in [2.24, 2.45) is 0 Å². The highest BCUT2D eigenvalue weighted by Gasteiger charge is 2.15. The normalized spacial score (nSPS) is 11.6. The van der Waals surface area contributed by atoms with E-state index in [0.717, 1.165) is 13.0 Å². The minimum Gasteiger partial charge on any atom is -0.444 e. The van der Waals surface area contributed by atoms with Crippen molar-refractivity contribution < 1.29 is 14.6 Å². The SMILES string of the molecule is CCCN(CO)CCNC(=O)OC(C)(C)C. The third-order valence-electron chi connectivity index (χ3n) is 1.84. The second-order valence-electron chi connectivity index (χ2n) is 4.69. The van der Waals surface area contributed by atoms with Gasteiger partial charge >= 0.3 is 6.09 Å². The van der Waals surface area contributed by atoms with Crippen molar-refractivity contribution >= 4 is 6.09 Å². The molecule has 1 amide bonds. The molecule has 0 fully saturated rings. The summed E-state index contributed by atoms with van der Waals surface area (Å²) in [5, 5.41) is 11.6. The van der Waals surface area contributed by atoms with E-state index in [-0.39, 0.29) is 6.73 Å². The number of amides is 1. The van der Waals surface area contributed by atoms with Crippen LogP contribution in [0.25, 0.3) is 0 Å². The second kappa shape index (κ2) is 7.46. The summed E-state index contributed by atoms with van der Waals surface area (Å²) in [6.07, 6.45) is 0.564. The standard InChI is InChI=1S/C11H24N2O3/c1-5-7-13(9-14)8-6-12-10(15)16-11(2,3)4/h14H,5-9H2,1-4H3,(H,12,15). The molecule has 0 unspecified atom stereocenters. The van der Waals surface area contributed by atoms with Gasteiger partial charge in [-0.25, -0.2) is 4.79 Å². The van der Waals surface area contributed by atoms with Gasteiger partial charge in [0, 0.05) is 19.6 Å². The Morgan fingerprint density at radius 1 is 1.38 bits per heavy atom. The van der Waals surface area contributed by atoms with Gasteiger partial charge in [0.15, 0.2) is 0 Å². The molecule has 2 N–H and O–H groups in total. The van der Waals surface area contributed by atoms with Crippen molar-refractivity contribution in [2.45, 2.75) is 39.7 Å². The maximum atomic E-state index is 11.3. The van der Waals surface area contributed by atoms with Gasteiger partial charge in [0.05, 0.1) is 6.73 Å².